The van der Waals surface area contributed by atoms with E-state index >= 15 is 0 Å². The third-order valence-electron chi connectivity index (χ3n) is 2.48. The number of rotatable bonds is 1. The Morgan fingerprint density at radius 1 is 1.50 bits per heavy atom. The normalized spacial score (nSPS) is 23.4. The number of nitrogens with zero attached hydrogens (tertiary/aromatic N) is 3. The molecule has 1 aromatic heterocycles. The van der Waals surface area contributed by atoms with Crippen LogP contribution in [0.5, 0.6) is 0 Å². The molecule has 1 unspecified atom stereocenters. The van der Waals surface area contributed by atoms with Gasteiger partial charge in [-0.15, -0.1) is 0 Å². The molecular formula is C10H8F3N3O2. The van der Waals surface area contributed by atoms with E-state index in [1.165, 1.54) is 18.3 Å². The van der Waals surface area contributed by atoms with Crippen molar-refractivity contribution in [2.24, 2.45) is 5.10 Å². The third kappa shape index (κ3) is 1.84. The Morgan fingerprint density at radius 2 is 2.22 bits per heavy atom. The van der Waals surface area contributed by atoms with Gasteiger partial charge in [0.05, 0.1) is 5.56 Å². The van der Waals surface area contributed by atoms with E-state index in [2.05, 4.69) is 10.1 Å². The van der Waals surface area contributed by atoms with E-state index in [1.54, 1.807) is 0 Å². The second-order valence-electron chi connectivity index (χ2n) is 3.68. The van der Waals surface area contributed by atoms with Crippen molar-refractivity contribution in [1.29, 1.82) is 0 Å². The number of halogens is 3. The van der Waals surface area contributed by atoms with Crippen LogP contribution in [0.4, 0.5) is 13.2 Å². The molecule has 0 aliphatic carbocycles. The van der Waals surface area contributed by atoms with Crippen LogP contribution >= 0.6 is 0 Å². The van der Waals surface area contributed by atoms with Gasteiger partial charge in [0.15, 0.2) is 0 Å². The average Bonchev–Trinajstić information content (AvgIpc) is 2.72. The molecule has 0 fully saturated rings. The Morgan fingerprint density at radius 3 is 2.78 bits per heavy atom. The third-order valence-corrected chi connectivity index (χ3v) is 2.48. The minimum Gasteiger partial charge on any atom is -0.362 e. The molecule has 18 heavy (non-hydrogen) atoms. The van der Waals surface area contributed by atoms with Crippen LogP contribution in [0.1, 0.15) is 16.8 Å². The number of alkyl halides is 3. The van der Waals surface area contributed by atoms with Gasteiger partial charge in [0.2, 0.25) is 0 Å². The predicted molar refractivity (Wildman–Crippen MR) is 54.5 cm³/mol. The fraction of sp³-hybridized carbons (Fsp3) is 0.300. The molecule has 96 valence electrons. The predicted octanol–water partition coefficient (Wildman–Crippen LogP) is 1.16. The standard InChI is InChI=1S/C10H8F3N3O2/c11-10(12,13)9(18)3-5-15-16(9)8(17)7-2-1-4-14-6-7/h1-2,4-6,18H,3H2. The van der Waals surface area contributed by atoms with Crippen LogP contribution in [0.15, 0.2) is 29.6 Å². The van der Waals surface area contributed by atoms with Crippen molar-refractivity contribution >= 4 is 12.1 Å². The van der Waals surface area contributed by atoms with Crippen molar-refractivity contribution in [3.05, 3.63) is 30.1 Å². The molecule has 0 spiro atoms. The number of aliphatic hydroxyl groups is 1. The van der Waals surface area contributed by atoms with Crippen molar-refractivity contribution in [1.82, 2.24) is 9.99 Å². The number of carbonyl (C=O) groups is 1. The minimum absolute atomic E-state index is 0.0318. The fourth-order valence-electron chi connectivity index (χ4n) is 1.50. The molecule has 1 amide bonds. The molecule has 1 N–H and O–H groups in total. The van der Waals surface area contributed by atoms with E-state index in [0.717, 1.165) is 12.4 Å². The number of hydrazone groups is 1. The summed E-state index contributed by atoms with van der Waals surface area (Å²) < 4.78 is 38.2. The summed E-state index contributed by atoms with van der Waals surface area (Å²) in [6, 6.07) is 2.69. The molecule has 1 aliphatic heterocycles. The number of carbonyl (C=O) groups excluding carboxylic acids is 1. The van der Waals surface area contributed by atoms with Gasteiger partial charge < -0.3 is 5.11 Å². The maximum absolute atomic E-state index is 12.7. The van der Waals surface area contributed by atoms with E-state index < -0.39 is 24.2 Å². The molecule has 1 atom stereocenters. The summed E-state index contributed by atoms with van der Waals surface area (Å²) >= 11 is 0. The van der Waals surface area contributed by atoms with Crippen molar-refractivity contribution in [3.8, 4) is 0 Å². The monoisotopic (exact) mass is 259 g/mol. The van der Waals surface area contributed by atoms with Crippen LogP contribution in [-0.4, -0.2) is 39.1 Å². The van der Waals surface area contributed by atoms with Gasteiger partial charge in [-0.1, -0.05) is 0 Å². The SMILES string of the molecule is O=C(c1cccnc1)N1N=CCC1(O)C(F)(F)F. The molecule has 5 nitrogen and oxygen atoms in total. The van der Waals surface area contributed by atoms with Gasteiger partial charge in [-0.3, -0.25) is 9.78 Å². The number of amides is 1. The molecular weight excluding hydrogens is 251 g/mol. The van der Waals surface area contributed by atoms with E-state index in [9.17, 15) is 23.1 Å². The maximum Gasteiger partial charge on any atom is 0.438 e. The smallest absolute Gasteiger partial charge is 0.362 e. The lowest BCUT2D eigenvalue weighted by molar-refractivity contribution is -0.297. The van der Waals surface area contributed by atoms with Crippen LogP contribution in [0.2, 0.25) is 0 Å². The van der Waals surface area contributed by atoms with Crippen molar-refractivity contribution in [3.63, 3.8) is 0 Å². The Labute approximate surface area is 99.5 Å². The largest absolute Gasteiger partial charge is 0.438 e. The molecule has 8 heteroatoms. The Bertz CT molecular complexity index is 489. The van der Waals surface area contributed by atoms with Gasteiger partial charge in [0.1, 0.15) is 0 Å². The van der Waals surface area contributed by atoms with Crippen molar-refractivity contribution in [2.45, 2.75) is 18.3 Å². The van der Waals surface area contributed by atoms with Crippen LogP contribution in [0, 0.1) is 0 Å². The number of hydrogen-bond donors (Lipinski definition) is 1. The van der Waals surface area contributed by atoms with Crippen LogP contribution in [0.25, 0.3) is 0 Å². The summed E-state index contributed by atoms with van der Waals surface area (Å²) in [4.78, 5) is 15.4. The first kappa shape index (κ1) is 12.5. The van der Waals surface area contributed by atoms with E-state index in [4.69, 9.17) is 0 Å². The summed E-state index contributed by atoms with van der Waals surface area (Å²) in [5, 5.41) is 12.9. The summed E-state index contributed by atoms with van der Waals surface area (Å²) in [6.07, 6.45) is -2.45. The summed E-state index contributed by atoms with van der Waals surface area (Å²) in [7, 11) is 0. The van der Waals surface area contributed by atoms with Gasteiger partial charge in [-0.2, -0.15) is 23.3 Å². The highest BCUT2D eigenvalue weighted by Crippen LogP contribution is 2.39. The summed E-state index contributed by atoms with van der Waals surface area (Å²) in [5.74, 6) is -1.06. The number of pyridine rings is 1. The Kier molecular flexibility index (Phi) is 2.81. The first-order valence-corrected chi connectivity index (χ1v) is 4.92. The zero-order valence-corrected chi connectivity index (χ0v) is 8.92. The minimum atomic E-state index is -4.98. The van der Waals surface area contributed by atoms with Gasteiger partial charge >= 0.3 is 6.18 Å². The molecule has 2 rings (SSSR count). The second kappa shape index (κ2) is 4.05. The molecule has 0 saturated heterocycles. The average molecular weight is 259 g/mol. The molecule has 1 aromatic rings. The zero-order chi connectivity index (χ0) is 13.4. The van der Waals surface area contributed by atoms with Crippen LogP contribution < -0.4 is 0 Å². The molecule has 2 heterocycles. The highest BCUT2D eigenvalue weighted by molar-refractivity contribution is 5.95. The lowest BCUT2D eigenvalue weighted by Gasteiger charge is -2.32. The van der Waals surface area contributed by atoms with Crippen LogP contribution in [0.3, 0.4) is 0 Å². The zero-order valence-electron chi connectivity index (χ0n) is 8.92. The van der Waals surface area contributed by atoms with Gasteiger partial charge in [-0.25, -0.2) is 0 Å². The Balaban J connectivity index is 2.34. The van der Waals surface area contributed by atoms with E-state index in [-0.39, 0.29) is 10.6 Å². The Hall–Kier alpha value is -1.96. The van der Waals surface area contributed by atoms with Gasteiger partial charge in [-0.05, 0) is 12.1 Å². The molecule has 0 radical (unpaired) electrons. The highest BCUT2D eigenvalue weighted by Gasteiger charge is 2.61. The summed E-state index contributed by atoms with van der Waals surface area (Å²) in [5.41, 5.74) is -3.38. The first-order valence-electron chi connectivity index (χ1n) is 4.92. The number of hydrogen-bond acceptors (Lipinski definition) is 4. The molecule has 1 aliphatic rings. The van der Waals surface area contributed by atoms with Crippen molar-refractivity contribution < 1.29 is 23.1 Å². The van der Waals surface area contributed by atoms with Crippen LogP contribution in [-0.2, 0) is 0 Å². The first-order chi connectivity index (χ1) is 8.36. The molecule has 0 bridgehead atoms. The lowest BCUT2D eigenvalue weighted by Crippen LogP contribution is -2.56. The van der Waals surface area contributed by atoms with E-state index in [0.29, 0.717) is 0 Å². The highest BCUT2D eigenvalue weighted by atomic mass is 19.4. The maximum atomic E-state index is 12.7. The lowest BCUT2D eigenvalue weighted by atomic mass is 10.1. The fourth-order valence-corrected chi connectivity index (χ4v) is 1.50. The number of aromatic nitrogens is 1. The van der Waals surface area contributed by atoms with Gasteiger partial charge in [0, 0.05) is 25.0 Å². The summed E-state index contributed by atoms with van der Waals surface area (Å²) in [6.45, 7) is 0. The second-order valence-corrected chi connectivity index (χ2v) is 3.68. The van der Waals surface area contributed by atoms with E-state index in [1.807, 2.05) is 0 Å². The topological polar surface area (TPSA) is 65.8 Å². The molecule has 0 aromatic carbocycles. The van der Waals surface area contributed by atoms with Gasteiger partial charge in [0.25, 0.3) is 11.6 Å². The molecule has 0 saturated carbocycles. The van der Waals surface area contributed by atoms with Crippen molar-refractivity contribution in [2.75, 3.05) is 0 Å². The quantitative estimate of drug-likeness (QED) is 0.823.